The number of nitrogens with zero attached hydrogens (tertiary/aromatic N) is 4. The number of hydrogen-bond acceptors (Lipinski definition) is 6. The molecule has 0 N–H and O–H groups in total. The van der Waals surface area contributed by atoms with Crippen molar-refractivity contribution < 1.29 is 27.4 Å². The lowest BCUT2D eigenvalue weighted by atomic mass is 10.1. The summed E-state index contributed by atoms with van der Waals surface area (Å²) in [6.45, 7) is 1.94. The zero-order chi connectivity index (χ0) is 23.3. The maximum Gasteiger partial charge on any atom is 0.417 e. The van der Waals surface area contributed by atoms with Crippen molar-refractivity contribution in [3.05, 3.63) is 70.8 Å². The smallest absolute Gasteiger partial charge is 0.417 e. The Kier molecular flexibility index (Phi) is 7.14. The van der Waals surface area contributed by atoms with Gasteiger partial charge in [0.15, 0.2) is 5.82 Å². The number of benzene rings is 1. The van der Waals surface area contributed by atoms with E-state index in [1.54, 1.807) is 31.2 Å². The fraction of sp³-hybridized carbons (Fsp3) is 0.238. The van der Waals surface area contributed by atoms with Crippen LogP contribution >= 0.6 is 11.6 Å². The van der Waals surface area contributed by atoms with Crippen LogP contribution < -0.4 is 9.64 Å². The van der Waals surface area contributed by atoms with E-state index in [1.807, 2.05) is 0 Å². The molecule has 0 aliphatic carbocycles. The van der Waals surface area contributed by atoms with E-state index >= 15 is 0 Å². The van der Waals surface area contributed by atoms with Crippen LogP contribution in [0.15, 0.2) is 48.9 Å². The predicted octanol–water partition coefficient (Wildman–Crippen LogP) is 5.46. The maximum absolute atomic E-state index is 12.6. The van der Waals surface area contributed by atoms with Gasteiger partial charge in [-0.3, -0.25) is 4.90 Å². The van der Waals surface area contributed by atoms with Gasteiger partial charge in [0.1, 0.15) is 17.1 Å². The summed E-state index contributed by atoms with van der Waals surface area (Å²) in [5.74, 6) is 0.691. The van der Waals surface area contributed by atoms with Gasteiger partial charge < -0.3 is 9.47 Å². The first-order chi connectivity index (χ1) is 15.2. The molecule has 168 valence electrons. The van der Waals surface area contributed by atoms with Gasteiger partial charge in [-0.25, -0.2) is 19.7 Å². The minimum absolute atomic E-state index is 0.0383. The SMILES string of the molecule is COC(=O)N(CCc1ccc(Oc2ccc(C(F)(F)F)cn2)cc1)c1ncnc(C)c1Cl. The molecular formula is C21H18ClF3N4O3. The molecule has 0 bridgehead atoms. The number of ether oxygens (including phenoxy) is 2. The molecular weight excluding hydrogens is 449 g/mol. The summed E-state index contributed by atoms with van der Waals surface area (Å²) in [5.41, 5.74) is 0.548. The Morgan fingerprint density at radius 2 is 1.81 bits per heavy atom. The number of alkyl halides is 3. The van der Waals surface area contributed by atoms with Crippen LogP contribution in [0.1, 0.15) is 16.8 Å². The number of halogens is 4. The van der Waals surface area contributed by atoms with Crippen LogP contribution in [0.5, 0.6) is 11.6 Å². The quantitative estimate of drug-likeness (QED) is 0.480. The van der Waals surface area contributed by atoms with E-state index in [0.717, 1.165) is 17.7 Å². The number of carbonyl (C=O) groups is 1. The van der Waals surface area contributed by atoms with E-state index in [4.69, 9.17) is 21.1 Å². The molecule has 1 aromatic carbocycles. The molecule has 7 nitrogen and oxygen atoms in total. The second kappa shape index (κ2) is 9.82. The van der Waals surface area contributed by atoms with Crippen molar-refractivity contribution in [3.8, 4) is 11.6 Å². The molecule has 0 spiro atoms. The summed E-state index contributed by atoms with van der Waals surface area (Å²) in [6.07, 6.45) is -2.59. The number of carbonyl (C=O) groups excluding carboxylic acids is 1. The number of pyridine rings is 1. The molecule has 2 heterocycles. The highest BCUT2D eigenvalue weighted by Gasteiger charge is 2.30. The Bertz CT molecular complexity index is 1080. The summed E-state index contributed by atoms with van der Waals surface area (Å²) in [4.78, 5) is 25.3. The van der Waals surface area contributed by atoms with Crippen LogP contribution in [0.25, 0.3) is 0 Å². The number of methoxy groups -OCH3 is 1. The minimum Gasteiger partial charge on any atom is -0.452 e. The van der Waals surface area contributed by atoms with E-state index in [1.165, 1.54) is 18.3 Å². The average molecular weight is 467 g/mol. The largest absolute Gasteiger partial charge is 0.452 e. The molecule has 0 aliphatic heterocycles. The molecule has 3 rings (SSSR count). The molecule has 3 aromatic rings. The standard InChI is InChI=1S/C21H18ClF3N4O3/c1-13-18(22)19(28-12-27-13)29(20(30)31-2)10-9-14-3-6-16(7-4-14)32-17-8-5-15(11-26-17)21(23,24)25/h3-8,11-12H,9-10H2,1-2H3. The Morgan fingerprint density at radius 1 is 1.09 bits per heavy atom. The van der Waals surface area contributed by atoms with E-state index in [2.05, 4.69) is 15.0 Å². The van der Waals surface area contributed by atoms with Crippen LogP contribution in [0.4, 0.5) is 23.8 Å². The zero-order valence-electron chi connectivity index (χ0n) is 17.1. The monoisotopic (exact) mass is 466 g/mol. The molecule has 0 saturated heterocycles. The lowest BCUT2D eigenvalue weighted by molar-refractivity contribution is -0.137. The van der Waals surface area contributed by atoms with Crippen molar-refractivity contribution in [1.29, 1.82) is 0 Å². The first-order valence-corrected chi connectivity index (χ1v) is 9.69. The second-order valence-corrected chi connectivity index (χ2v) is 6.98. The highest BCUT2D eigenvalue weighted by atomic mass is 35.5. The van der Waals surface area contributed by atoms with Gasteiger partial charge in [-0.15, -0.1) is 0 Å². The highest BCUT2D eigenvalue weighted by molar-refractivity contribution is 6.34. The number of anilines is 1. The number of aromatic nitrogens is 3. The molecule has 2 aromatic heterocycles. The van der Waals surface area contributed by atoms with Gasteiger partial charge in [0.2, 0.25) is 5.88 Å². The third-order valence-electron chi connectivity index (χ3n) is 4.43. The van der Waals surface area contributed by atoms with Crippen molar-refractivity contribution >= 4 is 23.5 Å². The van der Waals surface area contributed by atoms with E-state index in [0.29, 0.717) is 24.1 Å². The van der Waals surface area contributed by atoms with Crippen molar-refractivity contribution in [3.63, 3.8) is 0 Å². The Hall–Kier alpha value is -3.40. The Labute approximate surface area is 186 Å². The summed E-state index contributed by atoms with van der Waals surface area (Å²) < 4.78 is 48.2. The number of rotatable bonds is 6. The van der Waals surface area contributed by atoms with Crippen LogP contribution in [0.3, 0.4) is 0 Å². The second-order valence-electron chi connectivity index (χ2n) is 6.60. The summed E-state index contributed by atoms with van der Waals surface area (Å²) >= 11 is 6.24. The molecule has 11 heteroatoms. The minimum atomic E-state index is -4.46. The van der Waals surface area contributed by atoms with E-state index in [-0.39, 0.29) is 23.3 Å². The predicted molar refractivity (Wildman–Crippen MR) is 111 cm³/mol. The molecule has 0 atom stereocenters. The Balaban J connectivity index is 1.66. The van der Waals surface area contributed by atoms with Crippen molar-refractivity contribution in [2.45, 2.75) is 19.5 Å². The molecule has 0 aliphatic rings. The Morgan fingerprint density at radius 3 is 2.41 bits per heavy atom. The first kappa shape index (κ1) is 23.3. The summed E-state index contributed by atoms with van der Waals surface area (Å²) in [5, 5.41) is 0.255. The van der Waals surface area contributed by atoms with Crippen LogP contribution in [-0.4, -0.2) is 34.7 Å². The van der Waals surface area contributed by atoms with Gasteiger partial charge in [-0.2, -0.15) is 13.2 Å². The van der Waals surface area contributed by atoms with Gasteiger partial charge in [0, 0.05) is 18.8 Å². The normalized spacial score (nSPS) is 11.2. The van der Waals surface area contributed by atoms with Crippen LogP contribution in [-0.2, 0) is 17.3 Å². The van der Waals surface area contributed by atoms with Gasteiger partial charge in [0.05, 0.1) is 18.4 Å². The molecule has 32 heavy (non-hydrogen) atoms. The number of hydrogen-bond donors (Lipinski definition) is 0. The van der Waals surface area contributed by atoms with Gasteiger partial charge in [-0.05, 0) is 37.1 Å². The third-order valence-corrected chi connectivity index (χ3v) is 4.87. The van der Waals surface area contributed by atoms with Gasteiger partial charge >= 0.3 is 12.3 Å². The first-order valence-electron chi connectivity index (χ1n) is 9.31. The summed E-state index contributed by atoms with van der Waals surface area (Å²) in [7, 11) is 1.26. The number of aryl methyl sites for hydroxylation is 1. The van der Waals surface area contributed by atoms with Gasteiger partial charge in [-0.1, -0.05) is 23.7 Å². The van der Waals surface area contributed by atoms with Crippen molar-refractivity contribution in [1.82, 2.24) is 15.0 Å². The van der Waals surface area contributed by atoms with Crippen molar-refractivity contribution in [2.24, 2.45) is 0 Å². The zero-order valence-corrected chi connectivity index (χ0v) is 17.8. The molecule has 0 radical (unpaired) electrons. The van der Waals surface area contributed by atoms with E-state index in [9.17, 15) is 18.0 Å². The molecule has 0 saturated carbocycles. The van der Waals surface area contributed by atoms with Crippen molar-refractivity contribution in [2.75, 3.05) is 18.6 Å². The topological polar surface area (TPSA) is 77.4 Å². The highest BCUT2D eigenvalue weighted by Crippen LogP contribution is 2.30. The van der Waals surface area contributed by atoms with Crippen LogP contribution in [0, 0.1) is 6.92 Å². The van der Waals surface area contributed by atoms with Gasteiger partial charge in [0.25, 0.3) is 0 Å². The molecule has 1 amide bonds. The lowest BCUT2D eigenvalue weighted by Crippen LogP contribution is -2.34. The van der Waals surface area contributed by atoms with E-state index < -0.39 is 17.8 Å². The molecule has 0 fully saturated rings. The third kappa shape index (κ3) is 5.64. The average Bonchev–Trinajstić information content (AvgIpc) is 2.77. The fourth-order valence-corrected chi connectivity index (χ4v) is 2.92. The van der Waals surface area contributed by atoms with Crippen LogP contribution in [0.2, 0.25) is 5.02 Å². The molecule has 0 unspecified atom stereocenters. The lowest BCUT2D eigenvalue weighted by Gasteiger charge is -2.21. The maximum atomic E-state index is 12.6. The number of amides is 1. The fourth-order valence-electron chi connectivity index (χ4n) is 2.72. The summed E-state index contributed by atoms with van der Waals surface area (Å²) in [6, 6.07) is 8.89.